The fraction of sp³-hybridized carbons (Fsp3) is 0.579. The number of rotatable bonds is 6. The zero-order valence-electron chi connectivity index (χ0n) is 14.2. The minimum Gasteiger partial charge on any atom is -0.335 e. The molecule has 2 atom stereocenters. The van der Waals surface area contributed by atoms with E-state index >= 15 is 0 Å². The zero-order chi connectivity index (χ0) is 17.0. The maximum atomic E-state index is 12.9. The number of amides is 1. The summed E-state index contributed by atoms with van der Waals surface area (Å²) in [6.07, 6.45) is 2.58. The van der Waals surface area contributed by atoms with Crippen LogP contribution in [0.1, 0.15) is 58.1 Å². The number of Topliss-reactive ketones (excluding diaryl/α,β-unsaturated/α-hetero) is 1. The summed E-state index contributed by atoms with van der Waals surface area (Å²) in [6.45, 7) is 6.82. The van der Waals surface area contributed by atoms with Crippen molar-refractivity contribution in [3.63, 3.8) is 0 Å². The molecule has 0 N–H and O–H groups in total. The second-order valence-corrected chi connectivity index (χ2v) is 7.26. The molecule has 1 fully saturated rings. The van der Waals surface area contributed by atoms with Crippen molar-refractivity contribution in [1.29, 1.82) is 0 Å². The van der Waals surface area contributed by atoms with Crippen LogP contribution in [0.2, 0.25) is 5.02 Å². The summed E-state index contributed by atoms with van der Waals surface area (Å²) in [5, 5.41) is 0.706. The Kier molecular flexibility index (Phi) is 6.23. The van der Waals surface area contributed by atoms with Crippen LogP contribution in [0.3, 0.4) is 0 Å². The summed E-state index contributed by atoms with van der Waals surface area (Å²) in [5.41, 5.74) is 1.13. The van der Waals surface area contributed by atoms with Crippen LogP contribution in [0.4, 0.5) is 0 Å². The Bertz CT molecular complexity index is 553. The summed E-state index contributed by atoms with van der Waals surface area (Å²) in [4.78, 5) is 26.6. The molecule has 1 saturated heterocycles. The first-order valence-electron chi connectivity index (χ1n) is 8.50. The van der Waals surface area contributed by atoms with E-state index in [1.54, 1.807) is 0 Å². The molecule has 23 heavy (non-hydrogen) atoms. The zero-order valence-corrected chi connectivity index (χ0v) is 15.0. The number of carbonyl (C=O) groups is 2. The first-order chi connectivity index (χ1) is 10.9. The van der Waals surface area contributed by atoms with E-state index in [2.05, 4.69) is 13.8 Å². The highest BCUT2D eigenvalue weighted by atomic mass is 35.5. The predicted octanol–water partition coefficient (Wildman–Crippen LogP) is 4.64. The van der Waals surface area contributed by atoms with Gasteiger partial charge in [-0.25, -0.2) is 0 Å². The highest BCUT2D eigenvalue weighted by Crippen LogP contribution is 2.36. The van der Waals surface area contributed by atoms with E-state index in [1.165, 1.54) is 0 Å². The molecular formula is C19H26ClNO2. The molecule has 4 heteroatoms. The number of hydrogen-bond donors (Lipinski definition) is 0. The van der Waals surface area contributed by atoms with Crippen molar-refractivity contribution in [2.75, 3.05) is 6.54 Å². The lowest BCUT2D eigenvalue weighted by atomic mass is 9.85. The molecule has 0 aromatic heterocycles. The molecule has 1 aromatic carbocycles. The van der Waals surface area contributed by atoms with E-state index in [1.807, 2.05) is 36.1 Å². The molecule has 1 heterocycles. The Hall–Kier alpha value is -1.35. The van der Waals surface area contributed by atoms with Crippen molar-refractivity contribution in [2.45, 2.75) is 52.5 Å². The topological polar surface area (TPSA) is 37.4 Å². The Balaban J connectivity index is 2.21. The molecule has 1 aliphatic rings. The molecule has 0 bridgehead atoms. The van der Waals surface area contributed by atoms with Gasteiger partial charge in [0.05, 0.1) is 6.04 Å². The number of piperidine rings is 1. The van der Waals surface area contributed by atoms with Gasteiger partial charge in [-0.2, -0.15) is 0 Å². The van der Waals surface area contributed by atoms with E-state index in [4.69, 9.17) is 11.6 Å². The largest absolute Gasteiger partial charge is 0.335 e. The lowest BCUT2D eigenvalue weighted by molar-refractivity contribution is -0.145. The molecule has 0 saturated carbocycles. The number of hydrogen-bond acceptors (Lipinski definition) is 2. The second-order valence-electron chi connectivity index (χ2n) is 6.82. The van der Waals surface area contributed by atoms with Crippen molar-refractivity contribution < 1.29 is 9.59 Å². The van der Waals surface area contributed by atoms with Crippen LogP contribution >= 0.6 is 11.6 Å². The summed E-state index contributed by atoms with van der Waals surface area (Å²) in [7, 11) is 0. The quantitative estimate of drug-likeness (QED) is 0.759. The first-order valence-corrected chi connectivity index (χ1v) is 8.87. The maximum absolute atomic E-state index is 12.9. The second kappa shape index (κ2) is 7.96. The third-order valence-corrected chi connectivity index (χ3v) is 4.73. The molecule has 3 nitrogen and oxygen atoms in total. The minimum absolute atomic E-state index is 0.0927. The number of carbonyl (C=O) groups excluding carboxylic acids is 2. The van der Waals surface area contributed by atoms with E-state index < -0.39 is 0 Å². The van der Waals surface area contributed by atoms with Crippen LogP contribution in [0.5, 0.6) is 0 Å². The summed E-state index contributed by atoms with van der Waals surface area (Å²) >= 11 is 5.98. The van der Waals surface area contributed by atoms with Crippen molar-refractivity contribution >= 4 is 23.3 Å². The Morgan fingerprint density at radius 1 is 1.26 bits per heavy atom. The van der Waals surface area contributed by atoms with Crippen LogP contribution in [-0.2, 0) is 9.59 Å². The molecule has 0 aliphatic carbocycles. The van der Waals surface area contributed by atoms with Gasteiger partial charge < -0.3 is 4.90 Å². The van der Waals surface area contributed by atoms with Gasteiger partial charge >= 0.3 is 0 Å². The highest BCUT2D eigenvalue weighted by molar-refractivity contribution is 6.30. The number of likely N-dealkylation sites (tertiary alicyclic amines) is 1. The van der Waals surface area contributed by atoms with Crippen LogP contribution in [0.15, 0.2) is 24.3 Å². The third kappa shape index (κ3) is 4.57. The fourth-order valence-electron chi connectivity index (χ4n) is 3.28. The van der Waals surface area contributed by atoms with Crippen molar-refractivity contribution in [1.82, 2.24) is 4.90 Å². The molecule has 2 unspecified atom stereocenters. The smallest absolute Gasteiger partial charge is 0.226 e. The van der Waals surface area contributed by atoms with E-state index in [0.29, 0.717) is 23.8 Å². The summed E-state index contributed by atoms with van der Waals surface area (Å²) in [6, 6.07) is 7.86. The Morgan fingerprint density at radius 2 is 1.91 bits per heavy atom. The Morgan fingerprint density at radius 3 is 2.48 bits per heavy atom. The molecule has 1 amide bonds. The van der Waals surface area contributed by atoms with Gasteiger partial charge in [-0.1, -0.05) is 44.5 Å². The number of halogens is 1. The third-order valence-electron chi connectivity index (χ3n) is 4.48. The molecular weight excluding hydrogens is 310 g/mol. The van der Waals surface area contributed by atoms with Gasteiger partial charge in [-0.05, 0) is 36.5 Å². The SMILES string of the molecule is CCC(=O)CC1CCC(c2ccc(Cl)cc2)N(CC(C)C)C1=O. The van der Waals surface area contributed by atoms with Gasteiger partial charge in [0, 0.05) is 30.3 Å². The fourth-order valence-corrected chi connectivity index (χ4v) is 3.40. The number of nitrogens with zero attached hydrogens (tertiary/aromatic N) is 1. The molecule has 1 aliphatic heterocycles. The standard InChI is InChI=1S/C19H26ClNO2/c1-4-17(22)11-15-7-10-18(14-5-8-16(20)9-6-14)21(19(15)23)12-13(2)3/h5-6,8-9,13,15,18H,4,7,10-12H2,1-3H3. The lowest BCUT2D eigenvalue weighted by Crippen LogP contribution is -2.45. The van der Waals surface area contributed by atoms with E-state index in [0.717, 1.165) is 24.9 Å². The van der Waals surface area contributed by atoms with Crippen LogP contribution in [0.25, 0.3) is 0 Å². The van der Waals surface area contributed by atoms with Gasteiger partial charge in [-0.3, -0.25) is 9.59 Å². The molecule has 126 valence electrons. The molecule has 0 radical (unpaired) electrons. The monoisotopic (exact) mass is 335 g/mol. The average Bonchev–Trinajstić information content (AvgIpc) is 2.52. The van der Waals surface area contributed by atoms with Gasteiger partial charge in [0.1, 0.15) is 5.78 Å². The summed E-state index contributed by atoms with van der Waals surface area (Å²) < 4.78 is 0. The van der Waals surface area contributed by atoms with Crippen LogP contribution < -0.4 is 0 Å². The number of benzene rings is 1. The molecule has 2 rings (SSSR count). The van der Waals surface area contributed by atoms with Crippen molar-refractivity contribution in [3.8, 4) is 0 Å². The maximum Gasteiger partial charge on any atom is 0.226 e. The first kappa shape index (κ1) is 18.0. The highest BCUT2D eigenvalue weighted by Gasteiger charge is 2.36. The van der Waals surface area contributed by atoms with Crippen LogP contribution in [0, 0.1) is 11.8 Å². The Labute approximate surface area is 144 Å². The van der Waals surface area contributed by atoms with E-state index in [9.17, 15) is 9.59 Å². The van der Waals surface area contributed by atoms with E-state index in [-0.39, 0.29) is 23.7 Å². The lowest BCUT2D eigenvalue weighted by Gasteiger charge is -2.40. The van der Waals surface area contributed by atoms with Crippen LogP contribution in [-0.4, -0.2) is 23.1 Å². The average molecular weight is 336 g/mol. The molecule has 0 spiro atoms. The molecule has 1 aromatic rings. The van der Waals surface area contributed by atoms with Gasteiger partial charge in [0.15, 0.2) is 0 Å². The predicted molar refractivity (Wildman–Crippen MR) is 93.4 cm³/mol. The number of ketones is 1. The van der Waals surface area contributed by atoms with Gasteiger partial charge in [0.2, 0.25) is 5.91 Å². The van der Waals surface area contributed by atoms with Crippen molar-refractivity contribution in [3.05, 3.63) is 34.9 Å². The summed E-state index contributed by atoms with van der Waals surface area (Å²) in [5.74, 6) is 0.559. The minimum atomic E-state index is -0.148. The van der Waals surface area contributed by atoms with Gasteiger partial charge in [-0.15, -0.1) is 0 Å². The van der Waals surface area contributed by atoms with Crippen molar-refractivity contribution in [2.24, 2.45) is 11.8 Å². The normalized spacial score (nSPS) is 21.8. The van der Waals surface area contributed by atoms with Gasteiger partial charge in [0.25, 0.3) is 0 Å².